The standard InChI is InChI=1S/C82H114O2S5/c1-7-11-15-19-23-27-29-33-37-41-45-61(43-39-35-31-25-21-17-13-9-3)52-63-66-55-70-68(57-72(80(70)84)74-49-50-75(87-74)76-58-78-82(89-76)81-77(88-78)51-60(6)86-81)64(65(66)54-69-67(63)56-71(79(69)83)73-48-47-59(5)85-73)53-62(44-40-36-32-26-22-18-14-10-4)46-42-38-34-30-28-24-20-16-12-8-2/h47-51,54-58,61-62H,7-46,52-53H2,1-6H3. The monoisotopic (exact) mass is 1290 g/mol. The van der Waals surface area contributed by atoms with Gasteiger partial charge in [-0.1, -0.05) is 285 Å². The van der Waals surface area contributed by atoms with E-state index in [-0.39, 0.29) is 10.9 Å². The summed E-state index contributed by atoms with van der Waals surface area (Å²) in [7, 11) is 0. The fourth-order valence-electron chi connectivity index (χ4n) is 15.0. The number of hydrogen-bond acceptors (Lipinski definition) is 7. The van der Waals surface area contributed by atoms with E-state index in [1.54, 1.807) is 22.7 Å². The number of benzene rings is 2. The molecule has 0 radical (unpaired) electrons. The summed E-state index contributed by atoms with van der Waals surface area (Å²) < 4.78 is 5.60. The lowest BCUT2D eigenvalue weighted by atomic mass is 9.82. The molecule has 5 aromatic heterocycles. The van der Waals surface area contributed by atoms with Gasteiger partial charge in [-0.15, -0.1) is 56.7 Å². The molecule has 9 aromatic rings. The van der Waals surface area contributed by atoms with Gasteiger partial charge in [-0.05, 0) is 132 Å². The van der Waals surface area contributed by atoms with Crippen molar-refractivity contribution in [2.24, 2.45) is 11.8 Å². The Morgan fingerprint density at radius 2 is 0.629 bits per heavy atom. The van der Waals surface area contributed by atoms with Gasteiger partial charge in [-0.25, -0.2) is 0 Å². The van der Waals surface area contributed by atoms with Crippen LogP contribution in [0.3, 0.4) is 0 Å². The fourth-order valence-corrected chi connectivity index (χ4v) is 20.9. The molecule has 0 bridgehead atoms. The molecule has 2 nitrogen and oxygen atoms in total. The van der Waals surface area contributed by atoms with E-state index in [4.69, 9.17) is 0 Å². The molecule has 0 aliphatic heterocycles. The van der Waals surface area contributed by atoms with Gasteiger partial charge in [0.1, 0.15) is 0 Å². The average molecular weight is 1290 g/mol. The lowest BCUT2D eigenvalue weighted by Gasteiger charge is -2.22. The van der Waals surface area contributed by atoms with E-state index in [0.29, 0.717) is 11.8 Å². The van der Waals surface area contributed by atoms with Crippen LogP contribution in [-0.2, 0) is 12.8 Å². The Morgan fingerprint density at radius 1 is 0.292 bits per heavy atom. The molecule has 0 fully saturated rings. The molecular weight excluding hydrogens is 1180 g/mol. The summed E-state index contributed by atoms with van der Waals surface area (Å²) in [6.45, 7) is 13.7. The van der Waals surface area contributed by atoms with Crippen LogP contribution in [0.15, 0.2) is 70.3 Å². The van der Waals surface area contributed by atoms with Crippen molar-refractivity contribution in [1.29, 1.82) is 0 Å². The maximum Gasteiger partial charge on any atom is 0.195 e. The smallest absolute Gasteiger partial charge is 0.195 e. The number of aryl methyl sites for hydroxylation is 2. The Bertz CT molecular complexity index is 3600. The highest BCUT2D eigenvalue weighted by molar-refractivity contribution is 7.40. The number of hydrogen-bond donors (Lipinski definition) is 0. The largest absolute Gasteiger partial charge is 0.289 e. The molecule has 0 aliphatic rings. The first-order valence-electron chi connectivity index (χ1n) is 37.0. The maximum atomic E-state index is 15.7. The molecule has 89 heavy (non-hydrogen) atoms. The number of unbranched alkanes of at least 4 members (excludes halogenated alkanes) is 32. The first-order valence-corrected chi connectivity index (χ1v) is 41.1. The highest BCUT2D eigenvalue weighted by Crippen LogP contribution is 2.49. The van der Waals surface area contributed by atoms with Crippen molar-refractivity contribution >= 4 is 108 Å². The van der Waals surface area contributed by atoms with Gasteiger partial charge in [0.25, 0.3) is 0 Å². The van der Waals surface area contributed by atoms with Crippen molar-refractivity contribution in [2.45, 2.75) is 311 Å². The molecule has 2 unspecified atom stereocenters. The minimum atomic E-state index is 0.183. The van der Waals surface area contributed by atoms with Gasteiger partial charge in [0.2, 0.25) is 0 Å². The third-order valence-corrected chi connectivity index (χ3v) is 26.3. The van der Waals surface area contributed by atoms with E-state index in [2.05, 4.69) is 102 Å². The number of fused-ring (bicyclic) bond motifs is 6. The third-order valence-electron chi connectivity index (χ3n) is 20.2. The van der Waals surface area contributed by atoms with Crippen molar-refractivity contribution in [1.82, 2.24) is 0 Å². The van der Waals surface area contributed by atoms with Crippen molar-refractivity contribution in [3.05, 3.63) is 102 Å². The predicted molar refractivity (Wildman–Crippen MR) is 406 cm³/mol. The predicted octanol–water partition coefficient (Wildman–Crippen LogP) is 29.0. The van der Waals surface area contributed by atoms with Crippen LogP contribution in [0.5, 0.6) is 0 Å². The lowest BCUT2D eigenvalue weighted by Crippen LogP contribution is -2.09. The maximum absolute atomic E-state index is 15.7. The Labute approximate surface area is 559 Å². The molecule has 2 atom stereocenters. The molecule has 0 spiro atoms. The van der Waals surface area contributed by atoms with E-state index in [1.165, 1.54) is 317 Å². The molecule has 0 N–H and O–H groups in total. The van der Waals surface area contributed by atoms with Gasteiger partial charge in [-0.2, -0.15) is 0 Å². The van der Waals surface area contributed by atoms with Crippen molar-refractivity contribution in [3.63, 3.8) is 0 Å². The van der Waals surface area contributed by atoms with Crippen LogP contribution in [0.25, 0.3) is 81.8 Å². The first kappa shape index (κ1) is 69.9. The first-order chi connectivity index (χ1) is 43.7. The lowest BCUT2D eigenvalue weighted by molar-refractivity contribution is 0.400. The molecule has 5 heterocycles. The minimum Gasteiger partial charge on any atom is -0.289 e. The SMILES string of the molecule is CCCCCCCCCCCCC(CCCCCCCCCC)Cc1c2cc3c(=O)c(-c4ccc(-c5cc6sc7cc(C)sc7c6s5)s4)cc3c(CC(CCCCCCCCCC)CCCCCCCCCCCC)c2cc2c(=O)c(-c3ccc(C)s3)cc12. The summed E-state index contributed by atoms with van der Waals surface area (Å²) in [6.07, 6.45) is 55.2. The molecule has 484 valence electrons. The molecule has 0 amide bonds. The zero-order valence-electron chi connectivity index (χ0n) is 56.5. The molecular formula is C82H114O2S5. The van der Waals surface area contributed by atoms with E-state index >= 15 is 9.59 Å². The van der Waals surface area contributed by atoms with Crippen molar-refractivity contribution in [2.75, 3.05) is 0 Å². The van der Waals surface area contributed by atoms with Crippen LogP contribution in [0.2, 0.25) is 0 Å². The van der Waals surface area contributed by atoms with Crippen LogP contribution >= 0.6 is 56.7 Å². The van der Waals surface area contributed by atoms with Gasteiger partial charge in [0.15, 0.2) is 10.9 Å². The van der Waals surface area contributed by atoms with Crippen LogP contribution in [0.1, 0.15) is 305 Å². The Balaban J connectivity index is 1.11. The summed E-state index contributed by atoms with van der Waals surface area (Å²) in [4.78, 5) is 38.4. The second kappa shape index (κ2) is 37.4. The summed E-state index contributed by atoms with van der Waals surface area (Å²) >= 11 is 9.30. The normalized spacial score (nSPS) is 12.9. The molecule has 7 heteroatoms. The van der Waals surface area contributed by atoms with Gasteiger partial charge in [0.05, 0.1) is 9.40 Å². The van der Waals surface area contributed by atoms with Crippen LogP contribution in [-0.4, -0.2) is 0 Å². The molecule has 0 saturated heterocycles. The zero-order valence-corrected chi connectivity index (χ0v) is 60.6. The molecule has 4 aromatic carbocycles. The van der Waals surface area contributed by atoms with E-state index in [9.17, 15) is 0 Å². The molecule has 0 saturated carbocycles. The molecule has 9 rings (SSSR count). The quantitative estimate of drug-likeness (QED) is 0.0356. The van der Waals surface area contributed by atoms with Gasteiger partial charge in [0, 0.05) is 60.6 Å². The topological polar surface area (TPSA) is 34.1 Å². The highest BCUT2D eigenvalue weighted by Gasteiger charge is 2.26. The fraction of sp³-hybridized carbons (Fsp3) is 0.610. The number of rotatable bonds is 47. The van der Waals surface area contributed by atoms with Gasteiger partial charge >= 0.3 is 0 Å². The van der Waals surface area contributed by atoms with E-state index in [0.717, 1.165) is 55.3 Å². The van der Waals surface area contributed by atoms with E-state index in [1.807, 2.05) is 34.0 Å². The minimum absolute atomic E-state index is 0.183. The zero-order chi connectivity index (χ0) is 62.2. The number of thiophene rings is 5. The van der Waals surface area contributed by atoms with Gasteiger partial charge in [-0.3, -0.25) is 9.59 Å². The Hall–Kier alpha value is -3.46. The Kier molecular flexibility index (Phi) is 29.4. The summed E-state index contributed by atoms with van der Waals surface area (Å²) in [5.74, 6) is 1.05. The van der Waals surface area contributed by atoms with Gasteiger partial charge < -0.3 is 0 Å². The summed E-state index contributed by atoms with van der Waals surface area (Å²) in [5, 5.41) is 6.59. The highest BCUT2D eigenvalue weighted by atomic mass is 32.1. The van der Waals surface area contributed by atoms with Crippen LogP contribution in [0.4, 0.5) is 0 Å². The third kappa shape index (κ3) is 19.8. The van der Waals surface area contributed by atoms with Crippen LogP contribution < -0.4 is 10.9 Å². The van der Waals surface area contributed by atoms with Crippen molar-refractivity contribution < 1.29 is 0 Å². The van der Waals surface area contributed by atoms with Crippen molar-refractivity contribution in [3.8, 4) is 30.6 Å². The summed E-state index contributed by atoms with van der Waals surface area (Å²) in [6, 6.07) is 23.0. The Morgan fingerprint density at radius 3 is 1.02 bits per heavy atom. The second-order valence-electron chi connectivity index (χ2n) is 27.6. The molecule has 0 aliphatic carbocycles. The average Bonchev–Trinajstić information content (AvgIpc) is 1.67. The van der Waals surface area contributed by atoms with Crippen LogP contribution in [0, 0.1) is 25.7 Å². The van der Waals surface area contributed by atoms with E-state index < -0.39 is 0 Å². The second-order valence-corrected chi connectivity index (χ2v) is 33.4. The summed E-state index contributed by atoms with van der Waals surface area (Å²) in [5.41, 5.74) is 4.77.